The number of rotatable bonds is 2. The van der Waals surface area contributed by atoms with Crippen molar-refractivity contribution in [2.45, 2.75) is 0 Å². The van der Waals surface area contributed by atoms with Gasteiger partial charge in [0.2, 0.25) is 0 Å². The number of thiophene rings is 1. The first kappa shape index (κ1) is 9.70. The molecule has 1 aromatic carbocycles. The van der Waals surface area contributed by atoms with E-state index < -0.39 is 0 Å². The summed E-state index contributed by atoms with van der Waals surface area (Å²) < 4.78 is 0. The molecule has 0 aliphatic rings. The SMILES string of the molecule is C=C(c1cccs1)c1ccccc1C#N. The van der Waals surface area contributed by atoms with Crippen LogP contribution in [0, 0.1) is 11.3 Å². The Morgan fingerprint density at radius 3 is 2.67 bits per heavy atom. The van der Waals surface area contributed by atoms with Crippen LogP contribution < -0.4 is 0 Å². The standard InChI is InChI=1S/C13H9NS/c1-10(13-7-4-8-15-13)12-6-3-2-5-11(12)9-14/h2-8H,1H2. The van der Waals surface area contributed by atoms with E-state index in [2.05, 4.69) is 12.6 Å². The first-order chi connectivity index (χ1) is 7.33. The highest BCUT2D eigenvalue weighted by molar-refractivity contribution is 7.11. The first-order valence-electron chi connectivity index (χ1n) is 4.55. The molecule has 2 rings (SSSR count). The van der Waals surface area contributed by atoms with E-state index >= 15 is 0 Å². The molecule has 0 saturated heterocycles. The molecule has 0 spiro atoms. The van der Waals surface area contributed by atoms with Crippen LogP contribution in [0.15, 0.2) is 48.4 Å². The van der Waals surface area contributed by atoms with Crippen LogP contribution in [0.2, 0.25) is 0 Å². The smallest absolute Gasteiger partial charge is 0.0998 e. The number of hydrogen-bond acceptors (Lipinski definition) is 2. The summed E-state index contributed by atoms with van der Waals surface area (Å²) in [5, 5.41) is 11.0. The number of benzene rings is 1. The van der Waals surface area contributed by atoms with Gasteiger partial charge in [0.25, 0.3) is 0 Å². The second kappa shape index (κ2) is 4.12. The van der Waals surface area contributed by atoms with Crippen molar-refractivity contribution in [1.29, 1.82) is 5.26 Å². The topological polar surface area (TPSA) is 23.8 Å². The number of nitriles is 1. The predicted molar refractivity (Wildman–Crippen MR) is 63.6 cm³/mol. The molecule has 0 atom stereocenters. The second-order valence-electron chi connectivity index (χ2n) is 3.11. The molecule has 0 amide bonds. The lowest BCUT2D eigenvalue weighted by Gasteiger charge is -2.04. The molecule has 0 radical (unpaired) electrons. The van der Waals surface area contributed by atoms with E-state index in [9.17, 15) is 0 Å². The maximum Gasteiger partial charge on any atom is 0.0998 e. The van der Waals surface area contributed by atoms with Crippen molar-refractivity contribution in [3.63, 3.8) is 0 Å². The van der Waals surface area contributed by atoms with Gasteiger partial charge in [0.05, 0.1) is 11.6 Å². The molecule has 1 nitrogen and oxygen atoms in total. The minimum atomic E-state index is 0.677. The molecule has 0 bridgehead atoms. The minimum Gasteiger partial charge on any atom is -0.192 e. The summed E-state index contributed by atoms with van der Waals surface area (Å²) >= 11 is 1.64. The van der Waals surface area contributed by atoms with E-state index in [0.29, 0.717) is 5.56 Å². The van der Waals surface area contributed by atoms with Gasteiger partial charge < -0.3 is 0 Å². The summed E-state index contributed by atoms with van der Waals surface area (Å²) in [6.45, 7) is 4.04. The van der Waals surface area contributed by atoms with Gasteiger partial charge in [0, 0.05) is 10.4 Å². The lowest BCUT2D eigenvalue weighted by Crippen LogP contribution is -1.87. The maximum absolute atomic E-state index is 8.98. The van der Waals surface area contributed by atoms with E-state index in [-0.39, 0.29) is 0 Å². The Balaban J connectivity index is 2.47. The van der Waals surface area contributed by atoms with Crippen LogP contribution in [0.5, 0.6) is 0 Å². The zero-order chi connectivity index (χ0) is 10.7. The van der Waals surface area contributed by atoms with Crippen molar-refractivity contribution < 1.29 is 0 Å². The molecule has 2 aromatic rings. The van der Waals surface area contributed by atoms with Gasteiger partial charge in [-0.25, -0.2) is 0 Å². The van der Waals surface area contributed by atoms with Crippen LogP contribution in [0.3, 0.4) is 0 Å². The van der Waals surface area contributed by atoms with E-state index in [0.717, 1.165) is 16.0 Å². The van der Waals surface area contributed by atoms with Crippen molar-refractivity contribution in [3.8, 4) is 6.07 Å². The fourth-order valence-electron chi connectivity index (χ4n) is 1.43. The van der Waals surface area contributed by atoms with Crippen molar-refractivity contribution in [2.75, 3.05) is 0 Å². The van der Waals surface area contributed by atoms with Gasteiger partial charge in [-0.1, -0.05) is 30.8 Å². The van der Waals surface area contributed by atoms with Crippen LogP contribution in [-0.2, 0) is 0 Å². The number of nitrogens with zero attached hydrogens (tertiary/aromatic N) is 1. The van der Waals surface area contributed by atoms with Crippen molar-refractivity contribution in [2.24, 2.45) is 0 Å². The summed E-state index contributed by atoms with van der Waals surface area (Å²) in [7, 11) is 0. The highest BCUT2D eigenvalue weighted by Crippen LogP contribution is 2.27. The molecule has 2 heteroatoms. The molecule has 0 fully saturated rings. The molecule has 0 aliphatic heterocycles. The summed E-state index contributed by atoms with van der Waals surface area (Å²) in [6.07, 6.45) is 0. The zero-order valence-corrected chi connectivity index (χ0v) is 8.92. The Bertz CT molecular complexity index is 518. The summed E-state index contributed by atoms with van der Waals surface area (Å²) in [5.41, 5.74) is 2.51. The van der Waals surface area contributed by atoms with Gasteiger partial charge in [-0.15, -0.1) is 11.3 Å². The predicted octanol–water partition coefficient (Wildman–Crippen LogP) is 3.68. The Hall–Kier alpha value is -1.85. The molecule has 0 saturated carbocycles. The maximum atomic E-state index is 8.98. The van der Waals surface area contributed by atoms with Crippen LogP contribution in [0.25, 0.3) is 5.57 Å². The fraction of sp³-hybridized carbons (Fsp3) is 0. The van der Waals surface area contributed by atoms with Crippen molar-refractivity contribution in [1.82, 2.24) is 0 Å². The first-order valence-corrected chi connectivity index (χ1v) is 5.43. The molecule has 0 aliphatic carbocycles. The molecule has 15 heavy (non-hydrogen) atoms. The van der Waals surface area contributed by atoms with Gasteiger partial charge in [0.15, 0.2) is 0 Å². The molecule has 0 unspecified atom stereocenters. The van der Waals surface area contributed by atoms with Crippen LogP contribution in [0.1, 0.15) is 16.0 Å². The van der Waals surface area contributed by atoms with E-state index in [1.807, 2.05) is 41.8 Å². The van der Waals surface area contributed by atoms with Crippen LogP contribution in [0.4, 0.5) is 0 Å². The molecule has 1 heterocycles. The van der Waals surface area contributed by atoms with Gasteiger partial charge in [-0.2, -0.15) is 5.26 Å². The summed E-state index contributed by atoms with van der Waals surface area (Å²) in [6, 6.07) is 13.7. The Labute approximate surface area is 92.9 Å². The summed E-state index contributed by atoms with van der Waals surface area (Å²) in [5.74, 6) is 0. The second-order valence-corrected chi connectivity index (χ2v) is 4.06. The Morgan fingerprint density at radius 2 is 2.00 bits per heavy atom. The molecular weight excluding hydrogens is 202 g/mol. The number of hydrogen-bond donors (Lipinski definition) is 0. The van der Waals surface area contributed by atoms with Crippen LogP contribution >= 0.6 is 11.3 Å². The third kappa shape index (κ3) is 1.83. The normalized spacial score (nSPS) is 9.53. The van der Waals surface area contributed by atoms with E-state index in [1.165, 1.54) is 0 Å². The van der Waals surface area contributed by atoms with E-state index in [1.54, 1.807) is 11.3 Å². The van der Waals surface area contributed by atoms with E-state index in [4.69, 9.17) is 5.26 Å². The van der Waals surface area contributed by atoms with Gasteiger partial charge in [-0.3, -0.25) is 0 Å². The quantitative estimate of drug-likeness (QED) is 0.743. The Kier molecular flexibility index (Phi) is 2.66. The van der Waals surface area contributed by atoms with Gasteiger partial charge >= 0.3 is 0 Å². The minimum absolute atomic E-state index is 0.677. The molecule has 1 aromatic heterocycles. The average molecular weight is 211 g/mol. The van der Waals surface area contributed by atoms with Crippen LogP contribution in [-0.4, -0.2) is 0 Å². The summed E-state index contributed by atoms with van der Waals surface area (Å²) in [4.78, 5) is 1.11. The third-order valence-electron chi connectivity index (χ3n) is 2.19. The molecule has 0 N–H and O–H groups in total. The van der Waals surface area contributed by atoms with Gasteiger partial charge in [0.1, 0.15) is 0 Å². The lowest BCUT2D eigenvalue weighted by molar-refractivity contribution is 1.46. The monoisotopic (exact) mass is 211 g/mol. The van der Waals surface area contributed by atoms with Crippen molar-refractivity contribution in [3.05, 3.63) is 64.4 Å². The van der Waals surface area contributed by atoms with Crippen molar-refractivity contribution >= 4 is 16.9 Å². The molecule has 72 valence electrons. The highest BCUT2D eigenvalue weighted by atomic mass is 32.1. The third-order valence-corrected chi connectivity index (χ3v) is 3.12. The largest absolute Gasteiger partial charge is 0.192 e. The average Bonchev–Trinajstić information content (AvgIpc) is 2.81. The fourth-order valence-corrected chi connectivity index (χ4v) is 2.14. The Morgan fingerprint density at radius 1 is 1.20 bits per heavy atom. The van der Waals surface area contributed by atoms with Gasteiger partial charge in [-0.05, 0) is 23.1 Å². The molecular formula is C13H9NS. The lowest BCUT2D eigenvalue weighted by atomic mass is 10.0. The highest BCUT2D eigenvalue weighted by Gasteiger charge is 2.07. The zero-order valence-electron chi connectivity index (χ0n) is 8.10.